The second kappa shape index (κ2) is 10.9. The van der Waals surface area contributed by atoms with Crippen molar-refractivity contribution in [2.75, 3.05) is 6.54 Å². The van der Waals surface area contributed by atoms with Crippen molar-refractivity contribution in [3.63, 3.8) is 0 Å². The molecule has 1 saturated heterocycles. The molecule has 0 spiro atoms. The number of aromatic nitrogens is 3. The topological polar surface area (TPSA) is 104 Å². The Morgan fingerprint density at radius 2 is 1.88 bits per heavy atom. The molecule has 5 unspecified atom stereocenters. The van der Waals surface area contributed by atoms with Crippen LogP contribution in [0.2, 0.25) is 0 Å². The number of allylic oxidation sites excluding steroid dienone is 1. The van der Waals surface area contributed by atoms with Crippen LogP contribution in [0.1, 0.15) is 61.5 Å². The summed E-state index contributed by atoms with van der Waals surface area (Å²) in [7, 11) is 0. The summed E-state index contributed by atoms with van der Waals surface area (Å²) in [5, 5.41) is 12.8. The molecule has 42 heavy (non-hydrogen) atoms. The number of benzene rings is 1. The van der Waals surface area contributed by atoms with Gasteiger partial charge in [-0.25, -0.2) is 4.98 Å². The van der Waals surface area contributed by atoms with Gasteiger partial charge in [-0.15, -0.1) is 0 Å². The Bertz CT molecular complexity index is 1520. The maximum Gasteiger partial charge on any atom is 0.254 e. The molecular formula is C34H38N6O2. The van der Waals surface area contributed by atoms with Gasteiger partial charge in [-0.3, -0.25) is 19.5 Å². The summed E-state index contributed by atoms with van der Waals surface area (Å²) in [6.45, 7) is 8.31. The summed E-state index contributed by atoms with van der Waals surface area (Å²) in [4.78, 5) is 38.4. The molecule has 3 aromatic rings. The van der Waals surface area contributed by atoms with Crippen molar-refractivity contribution in [1.29, 1.82) is 5.26 Å². The minimum atomic E-state index is -0.928. The van der Waals surface area contributed by atoms with E-state index in [9.17, 15) is 14.9 Å². The van der Waals surface area contributed by atoms with E-state index in [2.05, 4.69) is 42.1 Å². The number of imidazole rings is 1. The van der Waals surface area contributed by atoms with Crippen molar-refractivity contribution in [3.05, 3.63) is 96.1 Å². The number of nitrogens with one attached hydrogen (secondary N) is 1. The van der Waals surface area contributed by atoms with Crippen molar-refractivity contribution in [2.24, 2.45) is 29.1 Å². The van der Waals surface area contributed by atoms with Gasteiger partial charge in [0, 0.05) is 55.9 Å². The number of fused-ring (bicyclic) bond motifs is 2. The number of aryl methyl sites for hydroxylation is 1. The van der Waals surface area contributed by atoms with E-state index in [1.54, 1.807) is 55.3 Å². The molecule has 1 amide bonds. The molecule has 1 N–H and O–H groups in total. The van der Waals surface area contributed by atoms with E-state index < -0.39 is 5.54 Å². The van der Waals surface area contributed by atoms with E-state index in [1.165, 1.54) is 6.42 Å². The number of nitrogens with zero attached hydrogens (tertiary/aromatic N) is 5. The molecule has 1 aliphatic heterocycles. The van der Waals surface area contributed by atoms with Gasteiger partial charge in [0.2, 0.25) is 0 Å². The number of hydrogen-bond acceptors (Lipinski definition) is 6. The van der Waals surface area contributed by atoms with Crippen molar-refractivity contribution in [3.8, 4) is 6.07 Å². The van der Waals surface area contributed by atoms with Crippen LogP contribution in [0, 0.1) is 40.4 Å². The second-order valence-electron chi connectivity index (χ2n) is 13.0. The number of amides is 1. The fraction of sp³-hybridized carbons (Fsp3) is 0.441. The first kappa shape index (κ1) is 27.9. The Hall–Kier alpha value is -4.25. The molecule has 4 fully saturated rings. The van der Waals surface area contributed by atoms with E-state index in [1.807, 2.05) is 27.8 Å². The average molecular weight is 563 g/mol. The predicted molar refractivity (Wildman–Crippen MR) is 159 cm³/mol. The maximum absolute atomic E-state index is 14.6. The quantitative estimate of drug-likeness (QED) is 0.291. The zero-order valence-corrected chi connectivity index (χ0v) is 24.5. The van der Waals surface area contributed by atoms with Gasteiger partial charge in [0.05, 0.1) is 18.0 Å². The van der Waals surface area contributed by atoms with Crippen LogP contribution in [0.5, 0.6) is 0 Å². The monoisotopic (exact) mass is 562 g/mol. The number of carbonyl (C=O) groups excluding carboxylic acids is 2. The van der Waals surface area contributed by atoms with Crippen LogP contribution in [0.4, 0.5) is 0 Å². The standard InChI is InChI=1S/C34H38N6O2/c1-23-27(16-28-17-29(23)33(28,2)3)21-40-31(18-30(41)26-6-4-25(20-35)5-7-26)38-34(32(40)42,10-14-39-15-13-37-22-39)19-24-8-11-36-12-9-24/h4-9,11-13,15,18,22-23,27-29,38H,10,14,16-17,19,21H2,1-3H3/b31-18-. The minimum absolute atomic E-state index is 0.00372. The third kappa shape index (κ3) is 5.02. The molecule has 3 heterocycles. The van der Waals surface area contributed by atoms with Gasteiger partial charge in [-0.1, -0.05) is 20.8 Å². The Balaban J connectivity index is 1.35. The molecule has 4 aliphatic rings. The van der Waals surface area contributed by atoms with Crippen molar-refractivity contribution in [1.82, 2.24) is 24.8 Å². The third-order valence-corrected chi connectivity index (χ3v) is 10.4. The van der Waals surface area contributed by atoms with E-state index in [4.69, 9.17) is 0 Å². The van der Waals surface area contributed by atoms with Crippen molar-refractivity contribution < 1.29 is 9.59 Å². The van der Waals surface area contributed by atoms with Crippen molar-refractivity contribution >= 4 is 11.7 Å². The minimum Gasteiger partial charge on any atom is -0.357 e. The number of pyridine rings is 1. The molecule has 3 saturated carbocycles. The maximum atomic E-state index is 14.6. The summed E-state index contributed by atoms with van der Waals surface area (Å²) in [5.41, 5.74) is 1.41. The molecule has 5 atom stereocenters. The second-order valence-corrected chi connectivity index (χ2v) is 13.0. The number of nitriles is 1. The predicted octanol–water partition coefficient (Wildman–Crippen LogP) is 5.00. The molecule has 8 nitrogen and oxygen atoms in total. The van der Waals surface area contributed by atoms with Gasteiger partial charge in [-0.05, 0) is 90.3 Å². The lowest BCUT2D eigenvalue weighted by atomic mass is 9.43. The normalized spacial score (nSPS) is 28.7. The van der Waals surface area contributed by atoms with E-state index in [-0.39, 0.29) is 11.7 Å². The summed E-state index contributed by atoms with van der Waals surface area (Å²) in [5.74, 6) is 2.55. The van der Waals surface area contributed by atoms with Crippen LogP contribution in [0.3, 0.4) is 0 Å². The smallest absolute Gasteiger partial charge is 0.254 e. The molecule has 2 aromatic heterocycles. The first-order valence-electron chi connectivity index (χ1n) is 14.9. The lowest BCUT2D eigenvalue weighted by Crippen LogP contribution is -2.57. The SMILES string of the molecule is CC1C(CN2C(=O)C(CCn3ccnc3)(Cc3ccncc3)N/C2=C/C(=O)c2ccc(C#N)cc2)CC2CC1C2(C)C. The first-order chi connectivity index (χ1) is 20.2. The first-order valence-corrected chi connectivity index (χ1v) is 14.9. The van der Waals surface area contributed by atoms with E-state index in [0.29, 0.717) is 72.0 Å². The molecule has 2 bridgehead atoms. The highest BCUT2D eigenvalue weighted by Gasteiger charge is 2.57. The number of rotatable bonds is 9. The van der Waals surface area contributed by atoms with Crippen LogP contribution in [-0.2, 0) is 17.8 Å². The fourth-order valence-electron chi connectivity index (χ4n) is 7.64. The van der Waals surface area contributed by atoms with Gasteiger partial charge in [0.25, 0.3) is 5.91 Å². The molecule has 1 aromatic carbocycles. The Morgan fingerprint density at radius 1 is 1.12 bits per heavy atom. The molecular weight excluding hydrogens is 524 g/mol. The summed E-state index contributed by atoms with van der Waals surface area (Å²) in [6.07, 6.45) is 13.8. The molecule has 216 valence electrons. The van der Waals surface area contributed by atoms with Gasteiger partial charge < -0.3 is 9.88 Å². The van der Waals surface area contributed by atoms with Gasteiger partial charge in [0.1, 0.15) is 11.4 Å². The van der Waals surface area contributed by atoms with Crippen LogP contribution in [0.25, 0.3) is 0 Å². The van der Waals surface area contributed by atoms with Crippen LogP contribution in [0.15, 0.2) is 79.4 Å². The van der Waals surface area contributed by atoms with Crippen LogP contribution >= 0.6 is 0 Å². The zero-order chi connectivity index (χ0) is 29.5. The highest BCUT2D eigenvalue weighted by Crippen LogP contribution is 2.63. The third-order valence-electron chi connectivity index (χ3n) is 10.4. The molecule has 7 rings (SSSR count). The highest BCUT2D eigenvalue weighted by molar-refractivity contribution is 6.06. The Morgan fingerprint density at radius 3 is 2.52 bits per heavy atom. The molecule has 0 radical (unpaired) electrons. The fourth-order valence-corrected chi connectivity index (χ4v) is 7.64. The Kier molecular flexibility index (Phi) is 7.22. The Labute approximate surface area is 247 Å². The van der Waals surface area contributed by atoms with Gasteiger partial charge in [0.15, 0.2) is 5.78 Å². The molecule has 8 heteroatoms. The van der Waals surface area contributed by atoms with Gasteiger partial charge in [-0.2, -0.15) is 5.26 Å². The van der Waals surface area contributed by atoms with Crippen molar-refractivity contribution in [2.45, 2.75) is 58.5 Å². The van der Waals surface area contributed by atoms with Crippen LogP contribution < -0.4 is 5.32 Å². The zero-order valence-electron chi connectivity index (χ0n) is 24.5. The number of carbonyl (C=O) groups is 2. The largest absolute Gasteiger partial charge is 0.357 e. The lowest BCUT2D eigenvalue weighted by Gasteiger charge is -2.62. The average Bonchev–Trinajstić information content (AvgIpc) is 3.60. The number of ketones is 1. The van der Waals surface area contributed by atoms with Gasteiger partial charge >= 0.3 is 0 Å². The van der Waals surface area contributed by atoms with E-state index in [0.717, 1.165) is 12.0 Å². The highest BCUT2D eigenvalue weighted by atomic mass is 16.2. The lowest BCUT2D eigenvalue weighted by molar-refractivity contribution is -0.142. The summed E-state index contributed by atoms with van der Waals surface area (Å²) < 4.78 is 1.98. The van der Waals surface area contributed by atoms with Crippen LogP contribution in [-0.4, -0.2) is 43.2 Å². The van der Waals surface area contributed by atoms with E-state index >= 15 is 0 Å². The molecule has 3 aliphatic carbocycles. The number of hydrogen-bond donors (Lipinski definition) is 1. The summed E-state index contributed by atoms with van der Waals surface area (Å²) >= 11 is 0. The summed E-state index contributed by atoms with van der Waals surface area (Å²) in [6, 6.07) is 12.6.